The highest BCUT2D eigenvalue weighted by Gasteiger charge is 2.32. The van der Waals surface area contributed by atoms with Gasteiger partial charge in [0.1, 0.15) is 17.2 Å². The van der Waals surface area contributed by atoms with E-state index < -0.39 is 0 Å². The van der Waals surface area contributed by atoms with Crippen molar-refractivity contribution in [3.8, 4) is 17.2 Å². The normalized spacial score (nSPS) is 16.3. The number of carbonyl (C=O) groups is 1. The zero-order chi connectivity index (χ0) is 19.2. The number of likely N-dealkylation sites (tertiary alicyclic amines) is 1. The van der Waals surface area contributed by atoms with Crippen molar-refractivity contribution in [1.29, 1.82) is 0 Å². The second-order valence-electron chi connectivity index (χ2n) is 6.64. The number of benzene rings is 2. The van der Waals surface area contributed by atoms with Crippen LogP contribution >= 0.6 is 0 Å². The highest BCUT2D eigenvalue weighted by Crippen LogP contribution is 2.38. The third kappa shape index (κ3) is 4.35. The highest BCUT2D eigenvalue weighted by molar-refractivity contribution is 5.78. The Balaban J connectivity index is 1.70. The van der Waals surface area contributed by atoms with Crippen LogP contribution in [-0.4, -0.2) is 38.2 Å². The smallest absolute Gasteiger partial charge is 0.261 e. The summed E-state index contributed by atoms with van der Waals surface area (Å²) >= 11 is 0. The summed E-state index contributed by atoms with van der Waals surface area (Å²) in [5.74, 6) is 2.24. The molecule has 0 radical (unpaired) electrons. The van der Waals surface area contributed by atoms with E-state index in [0.29, 0.717) is 0 Å². The molecule has 27 heavy (non-hydrogen) atoms. The first-order chi connectivity index (χ1) is 13.2. The number of amides is 1. The Morgan fingerprint density at radius 3 is 2.48 bits per heavy atom. The summed E-state index contributed by atoms with van der Waals surface area (Å²) < 4.78 is 16.6. The maximum atomic E-state index is 12.8. The molecule has 0 aliphatic carbocycles. The summed E-state index contributed by atoms with van der Waals surface area (Å²) in [7, 11) is 3.29. The van der Waals surface area contributed by atoms with Gasteiger partial charge < -0.3 is 19.1 Å². The molecule has 1 fully saturated rings. The van der Waals surface area contributed by atoms with Gasteiger partial charge in [-0.3, -0.25) is 4.79 Å². The summed E-state index contributed by atoms with van der Waals surface area (Å²) in [6.07, 6.45) is 2.85. The Morgan fingerprint density at radius 2 is 1.81 bits per heavy atom. The van der Waals surface area contributed by atoms with E-state index in [2.05, 4.69) is 6.92 Å². The molecule has 2 aromatic rings. The van der Waals surface area contributed by atoms with Gasteiger partial charge in [-0.05, 0) is 55.2 Å². The molecule has 3 rings (SSSR count). The second kappa shape index (κ2) is 8.80. The first-order valence-corrected chi connectivity index (χ1v) is 9.39. The number of methoxy groups -OCH3 is 2. The van der Waals surface area contributed by atoms with Gasteiger partial charge in [0.05, 0.1) is 20.3 Å². The van der Waals surface area contributed by atoms with Gasteiger partial charge in [0.15, 0.2) is 6.61 Å². The molecule has 0 saturated carbocycles. The topological polar surface area (TPSA) is 48.0 Å². The first-order valence-electron chi connectivity index (χ1n) is 9.39. The minimum atomic E-state index is -0.0198. The number of hydrogen-bond acceptors (Lipinski definition) is 4. The molecule has 0 bridgehead atoms. The van der Waals surface area contributed by atoms with Crippen molar-refractivity contribution in [2.24, 2.45) is 0 Å². The lowest BCUT2D eigenvalue weighted by Crippen LogP contribution is -2.34. The largest absolute Gasteiger partial charge is 0.497 e. The van der Waals surface area contributed by atoms with Gasteiger partial charge >= 0.3 is 0 Å². The fourth-order valence-corrected chi connectivity index (χ4v) is 3.54. The average molecular weight is 369 g/mol. The van der Waals surface area contributed by atoms with Crippen molar-refractivity contribution in [3.05, 3.63) is 53.6 Å². The monoisotopic (exact) mass is 369 g/mol. The number of carbonyl (C=O) groups excluding carboxylic acids is 1. The predicted octanol–water partition coefficient (Wildman–Crippen LogP) is 4.01. The van der Waals surface area contributed by atoms with Crippen molar-refractivity contribution < 1.29 is 19.0 Å². The van der Waals surface area contributed by atoms with Crippen LogP contribution in [0.3, 0.4) is 0 Å². The number of nitrogens with zero attached hydrogens (tertiary/aromatic N) is 1. The Morgan fingerprint density at radius 1 is 1.07 bits per heavy atom. The summed E-state index contributed by atoms with van der Waals surface area (Å²) in [5, 5.41) is 0. The SMILES string of the molecule is CCc1ccc(OCC(=O)N2CCC[C@H]2c2cc(OC)ccc2OC)cc1. The highest BCUT2D eigenvalue weighted by atomic mass is 16.5. The number of rotatable bonds is 7. The van der Waals surface area contributed by atoms with Crippen molar-refractivity contribution in [1.82, 2.24) is 4.90 Å². The summed E-state index contributed by atoms with van der Waals surface area (Å²) in [5.41, 5.74) is 2.23. The molecule has 1 saturated heterocycles. The van der Waals surface area contributed by atoms with Gasteiger partial charge in [-0.25, -0.2) is 0 Å². The van der Waals surface area contributed by atoms with Crippen LogP contribution in [0.2, 0.25) is 0 Å². The molecule has 1 aliphatic heterocycles. The quantitative estimate of drug-likeness (QED) is 0.740. The Bertz CT molecular complexity index is 772. The van der Waals surface area contributed by atoms with E-state index in [-0.39, 0.29) is 18.6 Å². The van der Waals surface area contributed by atoms with Gasteiger partial charge in [-0.15, -0.1) is 0 Å². The van der Waals surface area contributed by atoms with Crippen molar-refractivity contribution in [2.45, 2.75) is 32.2 Å². The second-order valence-corrected chi connectivity index (χ2v) is 6.64. The molecule has 5 nitrogen and oxygen atoms in total. The summed E-state index contributed by atoms with van der Waals surface area (Å²) in [6.45, 7) is 2.87. The zero-order valence-electron chi connectivity index (χ0n) is 16.2. The molecule has 1 heterocycles. The lowest BCUT2D eigenvalue weighted by molar-refractivity contribution is -0.134. The van der Waals surface area contributed by atoms with Crippen molar-refractivity contribution >= 4 is 5.91 Å². The van der Waals surface area contributed by atoms with Gasteiger partial charge in [0.2, 0.25) is 0 Å². The van der Waals surface area contributed by atoms with Crippen LogP contribution in [0.5, 0.6) is 17.2 Å². The van der Waals surface area contributed by atoms with E-state index in [9.17, 15) is 4.79 Å². The maximum Gasteiger partial charge on any atom is 0.261 e. The molecule has 1 atom stereocenters. The van der Waals surface area contributed by atoms with Crippen LogP contribution < -0.4 is 14.2 Å². The first kappa shape index (κ1) is 19.1. The molecule has 1 amide bonds. The molecule has 0 aromatic heterocycles. The Kier molecular flexibility index (Phi) is 6.22. The third-order valence-electron chi connectivity index (χ3n) is 5.06. The predicted molar refractivity (Wildman–Crippen MR) is 105 cm³/mol. The number of aryl methyl sites for hydroxylation is 1. The third-order valence-corrected chi connectivity index (χ3v) is 5.06. The lowest BCUT2D eigenvalue weighted by atomic mass is 10.0. The van der Waals surface area contributed by atoms with E-state index in [4.69, 9.17) is 14.2 Å². The van der Waals surface area contributed by atoms with Crippen LogP contribution in [0.25, 0.3) is 0 Å². The minimum Gasteiger partial charge on any atom is -0.497 e. The molecule has 2 aromatic carbocycles. The molecular weight excluding hydrogens is 342 g/mol. The van der Waals surface area contributed by atoms with Gasteiger partial charge in [-0.2, -0.15) is 0 Å². The molecule has 144 valence electrons. The van der Waals surface area contributed by atoms with Crippen LogP contribution in [0.4, 0.5) is 0 Å². The average Bonchev–Trinajstić information content (AvgIpc) is 3.21. The van der Waals surface area contributed by atoms with Crippen LogP contribution in [0.15, 0.2) is 42.5 Å². The van der Waals surface area contributed by atoms with E-state index in [1.165, 1.54) is 5.56 Å². The fraction of sp³-hybridized carbons (Fsp3) is 0.409. The summed E-state index contributed by atoms with van der Waals surface area (Å²) in [4.78, 5) is 14.7. The molecular formula is C22H27NO4. The lowest BCUT2D eigenvalue weighted by Gasteiger charge is -2.26. The van der Waals surface area contributed by atoms with Crippen LogP contribution in [0, 0.1) is 0 Å². The van der Waals surface area contributed by atoms with E-state index >= 15 is 0 Å². The van der Waals surface area contributed by atoms with Gasteiger partial charge in [-0.1, -0.05) is 19.1 Å². The number of ether oxygens (including phenoxy) is 3. The fourth-order valence-electron chi connectivity index (χ4n) is 3.54. The summed E-state index contributed by atoms with van der Waals surface area (Å²) in [6, 6.07) is 13.6. The van der Waals surface area contributed by atoms with E-state index in [0.717, 1.165) is 48.6 Å². The maximum absolute atomic E-state index is 12.8. The van der Waals surface area contributed by atoms with E-state index in [1.807, 2.05) is 47.4 Å². The molecule has 1 aliphatic rings. The molecule has 0 N–H and O–H groups in total. The van der Waals surface area contributed by atoms with Crippen LogP contribution in [0.1, 0.15) is 36.9 Å². The molecule has 0 unspecified atom stereocenters. The molecule has 0 spiro atoms. The zero-order valence-corrected chi connectivity index (χ0v) is 16.2. The van der Waals surface area contributed by atoms with Gasteiger partial charge in [0.25, 0.3) is 5.91 Å². The Hall–Kier alpha value is -2.69. The number of hydrogen-bond donors (Lipinski definition) is 0. The Labute approximate surface area is 160 Å². The molecule has 5 heteroatoms. The van der Waals surface area contributed by atoms with E-state index in [1.54, 1.807) is 14.2 Å². The van der Waals surface area contributed by atoms with Crippen molar-refractivity contribution in [3.63, 3.8) is 0 Å². The van der Waals surface area contributed by atoms with Crippen molar-refractivity contribution in [2.75, 3.05) is 27.4 Å². The van der Waals surface area contributed by atoms with Crippen LogP contribution in [-0.2, 0) is 11.2 Å². The van der Waals surface area contributed by atoms with Gasteiger partial charge in [0, 0.05) is 12.1 Å². The minimum absolute atomic E-state index is 0.0121. The standard InChI is InChI=1S/C22H27NO4/c1-4-16-7-9-17(10-8-16)27-15-22(24)23-13-5-6-20(23)19-14-18(25-2)11-12-21(19)26-3/h7-12,14,20H,4-6,13,15H2,1-3H3/t20-/m0/s1.